The summed E-state index contributed by atoms with van der Waals surface area (Å²) in [5.74, 6) is 0.966. The SMILES string of the molecule is COc1ccc(C(=O)N2CCCCCC2)c2ccccc12. The summed E-state index contributed by atoms with van der Waals surface area (Å²) in [6.07, 6.45) is 4.68. The highest BCUT2D eigenvalue weighted by Gasteiger charge is 2.20. The molecule has 3 rings (SSSR count). The Morgan fingerprint density at radius 1 is 0.952 bits per heavy atom. The Balaban J connectivity index is 2.01. The maximum Gasteiger partial charge on any atom is 0.254 e. The second-order valence-electron chi connectivity index (χ2n) is 5.57. The molecule has 0 bridgehead atoms. The van der Waals surface area contributed by atoms with E-state index < -0.39 is 0 Å². The van der Waals surface area contributed by atoms with E-state index >= 15 is 0 Å². The number of hydrogen-bond donors (Lipinski definition) is 0. The van der Waals surface area contributed by atoms with Crippen LogP contribution in [0.25, 0.3) is 10.8 Å². The van der Waals surface area contributed by atoms with Gasteiger partial charge in [-0.25, -0.2) is 0 Å². The fraction of sp³-hybridized carbons (Fsp3) is 0.389. The molecular weight excluding hydrogens is 262 g/mol. The van der Waals surface area contributed by atoms with Crippen molar-refractivity contribution in [2.24, 2.45) is 0 Å². The van der Waals surface area contributed by atoms with E-state index in [9.17, 15) is 4.79 Å². The van der Waals surface area contributed by atoms with Crippen molar-refractivity contribution >= 4 is 16.7 Å². The summed E-state index contributed by atoms with van der Waals surface area (Å²) in [4.78, 5) is 14.9. The monoisotopic (exact) mass is 283 g/mol. The van der Waals surface area contributed by atoms with Gasteiger partial charge in [0.15, 0.2) is 0 Å². The molecule has 110 valence electrons. The van der Waals surface area contributed by atoms with E-state index in [2.05, 4.69) is 0 Å². The van der Waals surface area contributed by atoms with Gasteiger partial charge in [-0.3, -0.25) is 4.79 Å². The quantitative estimate of drug-likeness (QED) is 0.837. The van der Waals surface area contributed by atoms with Crippen LogP contribution in [-0.4, -0.2) is 31.0 Å². The number of hydrogen-bond acceptors (Lipinski definition) is 2. The molecule has 0 aliphatic carbocycles. The van der Waals surface area contributed by atoms with Crippen molar-refractivity contribution in [2.75, 3.05) is 20.2 Å². The Morgan fingerprint density at radius 2 is 1.62 bits per heavy atom. The fourth-order valence-corrected chi connectivity index (χ4v) is 3.08. The first-order chi connectivity index (χ1) is 10.3. The lowest BCUT2D eigenvalue weighted by Gasteiger charge is -2.21. The van der Waals surface area contributed by atoms with Crippen molar-refractivity contribution in [2.45, 2.75) is 25.7 Å². The third-order valence-corrected chi connectivity index (χ3v) is 4.23. The summed E-state index contributed by atoms with van der Waals surface area (Å²) >= 11 is 0. The highest BCUT2D eigenvalue weighted by molar-refractivity contribution is 6.08. The zero-order valence-electron chi connectivity index (χ0n) is 12.5. The number of carbonyl (C=O) groups is 1. The van der Waals surface area contributed by atoms with Crippen molar-refractivity contribution < 1.29 is 9.53 Å². The number of rotatable bonds is 2. The van der Waals surface area contributed by atoms with Gasteiger partial charge in [-0.15, -0.1) is 0 Å². The van der Waals surface area contributed by atoms with Crippen LogP contribution in [0.2, 0.25) is 0 Å². The molecule has 3 nitrogen and oxygen atoms in total. The van der Waals surface area contributed by atoms with Crippen LogP contribution < -0.4 is 4.74 Å². The van der Waals surface area contributed by atoms with E-state index in [1.807, 2.05) is 41.3 Å². The van der Waals surface area contributed by atoms with Crippen LogP contribution in [0.1, 0.15) is 36.0 Å². The molecule has 1 aliphatic heterocycles. The molecule has 0 unspecified atom stereocenters. The molecule has 0 aromatic heterocycles. The topological polar surface area (TPSA) is 29.5 Å². The van der Waals surface area contributed by atoms with Gasteiger partial charge in [-0.05, 0) is 30.4 Å². The van der Waals surface area contributed by atoms with Gasteiger partial charge < -0.3 is 9.64 Å². The molecule has 1 saturated heterocycles. The maximum absolute atomic E-state index is 12.9. The molecule has 2 aromatic carbocycles. The number of benzene rings is 2. The minimum Gasteiger partial charge on any atom is -0.496 e. The van der Waals surface area contributed by atoms with Gasteiger partial charge in [0.25, 0.3) is 5.91 Å². The first-order valence-electron chi connectivity index (χ1n) is 7.66. The average molecular weight is 283 g/mol. The van der Waals surface area contributed by atoms with Crippen molar-refractivity contribution in [1.82, 2.24) is 4.90 Å². The summed E-state index contributed by atoms with van der Waals surface area (Å²) < 4.78 is 5.40. The van der Waals surface area contributed by atoms with Crippen LogP contribution in [-0.2, 0) is 0 Å². The molecule has 2 aromatic rings. The minimum absolute atomic E-state index is 0.149. The van der Waals surface area contributed by atoms with Gasteiger partial charge in [0.2, 0.25) is 0 Å². The number of methoxy groups -OCH3 is 1. The summed E-state index contributed by atoms with van der Waals surface area (Å²) in [6, 6.07) is 11.8. The van der Waals surface area contributed by atoms with Crippen molar-refractivity contribution in [1.29, 1.82) is 0 Å². The van der Waals surface area contributed by atoms with Crippen LogP contribution in [0.4, 0.5) is 0 Å². The number of likely N-dealkylation sites (tertiary alicyclic amines) is 1. The zero-order valence-corrected chi connectivity index (χ0v) is 12.5. The summed E-state index contributed by atoms with van der Waals surface area (Å²) in [5.41, 5.74) is 0.785. The van der Waals surface area contributed by atoms with E-state index in [4.69, 9.17) is 4.74 Å². The Labute approximate surface area is 125 Å². The largest absolute Gasteiger partial charge is 0.496 e. The Hall–Kier alpha value is -2.03. The number of fused-ring (bicyclic) bond motifs is 1. The molecule has 1 fully saturated rings. The second-order valence-corrected chi connectivity index (χ2v) is 5.57. The first kappa shape index (κ1) is 13.9. The van der Waals surface area contributed by atoms with Crippen molar-refractivity contribution in [3.8, 4) is 5.75 Å². The number of amides is 1. The summed E-state index contributed by atoms with van der Waals surface area (Å²) in [7, 11) is 1.66. The maximum atomic E-state index is 12.9. The van der Waals surface area contributed by atoms with E-state index in [0.717, 1.165) is 48.0 Å². The van der Waals surface area contributed by atoms with Gasteiger partial charge in [-0.2, -0.15) is 0 Å². The molecule has 21 heavy (non-hydrogen) atoms. The summed E-state index contributed by atoms with van der Waals surface area (Å²) in [5, 5.41) is 1.98. The second kappa shape index (κ2) is 6.17. The van der Waals surface area contributed by atoms with Gasteiger partial charge in [0.05, 0.1) is 7.11 Å². The molecule has 1 heterocycles. The number of nitrogens with zero attached hydrogens (tertiary/aromatic N) is 1. The molecular formula is C18H21NO2. The standard InChI is InChI=1S/C18H21NO2/c1-21-17-11-10-16(14-8-4-5-9-15(14)17)18(20)19-12-6-2-3-7-13-19/h4-5,8-11H,2-3,6-7,12-13H2,1H3. The van der Waals surface area contributed by atoms with Gasteiger partial charge >= 0.3 is 0 Å². The Bertz CT molecular complexity index is 643. The lowest BCUT2D eigenvalue weighted by atomic mass is 10.0. The van der Waals surface area contributed by atoms with E-state index in [0.29, 0.717) is 0 Å². The minimum atomic E-state index is 0.149. The van der Waals surface area contributed by atoms with Crippen LogP contribution >= 0.6 is 0 Å². The predicted octanol–water partition coefficient (Wildman–Crippen LogP) is 3.86. The van der Waals surface area contributed by atoms with Crippen LogP contribution in [0, 0.1) is 0 Å². The number of carbonyl (C=O) groups excluding carboxylic acids is 1. The van der Waals surface area contributed by atoms with Crippen LogP contribution in [0.3, 0.4) is 0 Å². The van der Waals surface area contributed by atoms with Crippen molar-refractivity contribution in [3.05, 3.63) is 42.0 Å². The van der Waals surface area contributed by atoms with Crippen molar-refractivity contribution in [3.63, 3.8) is 0 Å². The van der Waals surface area contributed by atoms with Crippen LogP contribution in [0.15, 0.2) is 36.4 Å². The molecule has 0 atom stereocenters. The predicted molar refractivity (Wildman–Crippen MR) is 84.9 cm³/mol. The molecule has 3 heteroatoms. The fourth-order valence-electron chi connectivity index (χ4n) is 3.08. The Kier molecular flexibility index (Phi) is 4.09. The third kappa shape index (κ3) is 2.73. The van der Waals surface area contributed by atoms with Gasteiger partial charge in [0.1, 0.15) is 5.75 Å². The molecule has 1 amide bonds. The van der Waals surface area contributed by atoms with E-state index in [1.54, 1.807) is 7.11 Å². The van der Waals surface area contributed by atoms with Gasteiger partial charge in [0, 0.05) is 24.0 Å². The highest BCUT2D eigenvalue weighted by Crippen LogP contribution is 2.29. The molecule has 0 radical (unpaired) electrons. The highest BCUT2D eigenvalue weighted by atomic mass is 16.5. The Morgan fingerprint density at radius 3 is 2.29 bits per heavy atom. The lowest BCUT2D eigenvalue weighted by molar-refractivity contribution is 0.0763. The van der Waals surface area contributed by atoms with E-state index in [1.165, 1.54) is 12.8 Å². The first-order valence-corrected chi connectivity index (χ1v) is 7.66. The zero-order chi connectivity index (χ0) is 14.7. The lowest BCUT2D eigenvalue weighted by Crippen LogP contribution is -2.31. The van der Waals surface area contributed by atoms with Crippen LogP contribution in [0.5, 0.6) is 5.75 Å². The molecule has 0 spiro atoms. The third-order valence-electron chi connectivity index (χ3n) is 4.23. The number of ether oxygens (including phenoxy) is 1. The average Bonchev–Trinajstić information content (AvgIpc) is 2.82. The van der Waals surface area contributed by atoms with Gasteiger partial charge in [-0.1, -0.05) is 37.1 Å². The smallest absolute Gasteiger partial charge is 0.254 e. The summed E-state index contributed by atoms with van der Waals surface area (Å²) in [6.45, 7) is 1.75. The van der Waals surface area contributed by atoms with E-state index in [-0.39, 0.29) is 5.91 Å². The normalized spacial score (nSPS) is 15.8. The molecule has 1 aliphatic rings. The molecule has 0 saturated carbocycles. The molecule has 0 N–H and O–H groups in total.